The lowest BCUT2D eigenvalue weighted by atomic mass is 10.0. The van der Waals surface area contributed by atoms with Crippen LogP contribution in [0.2, 0.25) is 0 Å². The lowest BCUT2D eigenvalue weighted by Crippen LogP contribution is -2.36. The van der Waals surface area contributed by atoms with Gasteiger partial charge in [-0.15, -0.1) is 0 Å². The topological polar surface area (TPSA) is 68.6 Å². The van der Waals surface area contributed by atoms with E-state index in [0.29, 0.717) is 36.0 Å². The van der Waals surface area contributed by atoms with Gasteiger partial charge in [0, 0.05) is 36.1 Å². The summed E-state index contributed by atoms with van der Waals surface area (Å²) in [6.45, 7) is 4.96. The highest BCUT2D eigenvalue weighted by atomic mass is 32.2. The Balaban J connectivity index is 1.78. The van der Waals surface area contributed by atoms with E-state index < -0.39 is 10.0 Å². The normalized spacial score (nSPS) is 15.1. The molecule has 0 atom stereocenters. The second kappa shape index (κ2) is 9.65. The molecule has 1 aliphatic heterocycles. The van der Waals surface area contributed by atoms with Gasteiger partial charge in [-0.05, 0) is 62.1 Å². The van der Waals surface area contributed by atoms with Gasteiger partial charge in [-0.2, -0.15) is 4.31 Å². The molecule has 0 saturated carbocycles. The van der Waals surface area contributed by atoms with E-state index >= 15 is 0 Å². The molecular formula is C25H29FN2O4S. The van der Waals surface area contributed by atoms with Crippen molar-refractivity contribution in [3.63, 3.8) is 0 Å². The fourth-order valence-corrected chi connectivity index (χ4v) is 6.36. The number of hydrogen-bond acceptors (Lipinski definition) is 4. The molecule has 8 heteroatoms. The molecule has 4 rings (SSSR count). The standard InChI is InChI=1S/C25H29FN2O4S/c1-3-32-25(29)17-28-18(2)21(22-16-20(26)11-12-23(22)28)15-19-9-5-6-10-24(19)33(30,31)27-13-7-4-8-14-27/h5-6,9-12,16H,3-4,7-8,13-15,17H2,1-2H3. The third-order valence-electron chi connectivity index (χ3n) is 6.28. The molecule has 0 unspecified atom stereocenters. The van der Waals surface area contributed by atoms with Gasteiger partial charge in [-0.25, -0.2) is 12.8 Å². The number of sulfonamides is 1. The van der Waals surface area contributed by atoms with Crippen LogP contribution in [0.3, 0.4) is 0 Å². The summed E-state index contributed by atoms with van der Waals surface area (Å²) in [4.78, 5) is 12.5. The number of nitrogens with zero attached hydrogens (tertiary/aromatic N) is 2. The molecule has 2 heterocycles. The summed E-state index contributed by atoms with van der Waals surface area (Å²) >= 11 is 0. The maximum absolute atomic E-state index is 14.2. The summed E-state index contributed by atoms with van der Waals surface area (Å²) in [7, 11) is -3.63. The number of halogens is 1. The minimum absolute atomic E-state index is 0.00945. The van der Waals surface area contributed by atoms with Gasteiger partial charge >= 0.3 is 5.97 Å². The van der Waals surface area contributed by atoms with Crippen LogP contribution in [0.1, 0.15) is 43.0 Å². The van der Waals surface area contributed by atoms with E-state index in [1.54, 1.807) is 29.4 Å². The highest BCUT2D eigenvalue weighted by Gasteiger charge is 2.28. The monoisotopic (exact) mass is 472 g/mol. The molecule has 0 spiro atoms. The Labute approximate surface area is 194 Å². The van der Waals surface area contributed by atoms with E-state index in [1.807, 2.05) is 23.6 Å². The Hall–Kier alpha value is -2.71. The van der Waals surface area contributed by atoms with E-state index in [-0.39, 0.29) is 29.8 Å². The molecule has 3 aromatic rings. The number of esters is 1. The molecule has 1 fully saturated rings. The Morgan fingerprint density at radius 3 is 2.55 bits per heavy atom. The molecule has 0 bridgehead atoms. The highest BCUT2D eigenvalue weighted by Crippen LogP contribution is 2.32. The van der Waals surface area contributed by atoms with Crippen LogP contribution in [0.5, 0.6) is 0 Å². The summed E-state index contributed by atoms with van der Waals surface area (Å²) in [6.07, 6.45) is 3.07. The van der Waals surface area contributed by atoms with Crippen LogP contribution in [0.15, 0.2) is 47.4 Å². The van der Waals surface area contributed by atoms with Gasteiger partial charge < -0.3 is 9.30 Å². The molecule has 0 radical (unpaired) electrons. The molecular weight excluding hydrogens is 443 g/mol. The number of hydrogen-bond donors (Lipinski definition) is 0. The Bertz CT molecular complexity index is 1280. The minimum atomic E-state index is -3.63. The van der Waals surface area contributed by atoms with Crippen LogP contribution in [0.4, 0.5) is 4.39 Å². The summed E-state index contributed by atoms with van der Waals surface area (Å²) in [5.74, 6) is -0.757. The van der Waals surface area contributed by atoms with Gasteiger partial charge in [0.05, 0.1) is 11.5 Å². The summed E-state index contributed by atoms with van der Waals surface area (Å²) in [5, 5.41) is 0.668. The third kappa shape index (κ3) is 4.68. The van der Waals surface area contributed by atoms with Crippen molar-refractivity contribution in [2.75, 3.05) is 19.7 Å². The van der Waals surface area contributed by atoms with E-state index in [0.717, 1.165) is 30.5 Å². The quantitative estimate of drug-likeness (QED) is 0.478. The lowest BCUT2D eigenvalue weighted by Gasteiger charge is -2.26. The number of rotatable bonds is 7. The first-order valence-electron chi connectivity index (χ1n) is 11.3. The number of aromatic nitrogens is 1. The average Bonchev–Trinajstić information content (AvgIpc) is 3.05. The van der Waals surface area contributed by atoms with Crippen LogP contribution in [0, 0.1) is 12.7 Å². The second-order valence-corrected chi connectivity index (χ2v) is 10.3. The predicted molar refractivity (Wildman–Crippen MR) is 125 cm³/mol. The molecule has 1 aliphatic rings. The van der Waals surface area contributed by atoms with Crippen molar-refractivity contribution in [2.24, 2.45) is 0 Å². The van der Waals surface area contributed by atoms with E-state index in [1.165, 1.54) is 12.1 Å². The summed E-state index contributed by atoms with van der Waals surface area (Å²) in [6, 6.07) is 11.5. The number of carbonyl (C=O) groups is 1. The zero-order chi connectivity index (χ0) is 23.6. The number of ether oxygens (including phenoxy) is 1. The van der Waals surface area contributed by atoms with Crippen LogP contribution in [0.25, 0.3) is 10.9 Å². The number of benzene rings is 2. The molecule has 0 N–H and O–H groups in total. The number of piperidine rings is 1. The van der Waals surface area contributed by atoms with Crippen LogP contribution < -0.4 is 0 Å². The molecule has 1 aromatic heterocycles. The van der Waals surface area contributed by atoms with E-state index in [2.05, 4.69) is 0 Å². The van der Waals surface area contributed by atoms with Crippen LogP contribution in [-0.2, 0) is 32.5 Å². The summed E-state index contributed by atoms with van der Waals surface area (Å²) < 4.78 is 49.5. The molecule has 6 nitrogen and oxygen atoms in total. The molecule has 33 heavy (non-hydrogen) atoms. The van der Waals surface area contributed by atoms with Gasteiger partial charge in [0.2, 0.25) is 10.0 Å². The maximum Gasteiger partial charge on any atom is 0.325 e. The lowest BCUT2D eigenvalue weighted by molar-refractivity contribution is -0.143. The fraction of sp³-hybridized carbons (Fsp3) is 0.400. The predicted octanol–water partition coefficient (Wildman–Crippen LogP) is 4.42. The SMILES string of the molecule is CCOC(=O)Cn1c(C)c(Cc2ccccc2S(=O)(=O)N2CCCCC2)c2cc(F)ccc21. The third-order valence-corrected chi connectivity index (χ3v) is 8.28. The van der Waals surface area contributed by atoms with Crippen molar-refractivity contribution in [3.05, 3.63) is 65.1 Å². The van der Waals surface area contributed by atoms with Gasteiger partial charge in [0.15, 0.2) is 0 Å². The van der Waals surface area contributed by atoms with Gasteiger partial charge in [-0.1, -0.05) is 24.6 Å². The smallest absolute Gasteiger partial charge is 0.325 e. The van der Waals surface area contributed by atoms with Gasteiger partial charge in [0.25, 0.3) is 0 Å². The largest absolute Gasteiger partial charge is 0.465 e. The van der Waals surface area contributed by atoms with Crippen molar-refractivity contribution in [3.8, 4) is 0 Å². The number of carbonyl (C=O) groups excluding carboxylic acids is 1. The Kier molecular flexibility index (Phi) is 6.86. The molecule has 1 saturated heterocycles. The van der Waals surface area contributed by atoms with Crippen LogP contribution in [-0.4, -0.2) is 43.0 Å². The first kappa shape index (κ1) is 23.4. The van der Waals surface area contributed by atoms with Crippen molar-refractivity contribution < 1.29 is 22.3 Å². The Morgan fingerprint density at radius 1 is 1.09 bits per heavy atom. The number of fused-ring (bicyclic) bond motifs is 1. The van der Waals surface area contributed by atoms with E-state index in [4.69, 9.17) is 4.74 Å². The molecule has 176 valence electrons. The van der Waals surface area contributed by atoms with Crippen molar-refractivity contribution in [2.45, 2.75) is 51.0 Å². The highest BCUT2D eigenvalue weighted by molar-refractivity contribution is 7.89. The first-order chi connectivity index (χ1) is 15.8. The molecule has 2 aromatic carbocycles. The van der Waals surface area contributed by atoms with Crippen LogP contribution >= 0.6 is 0 Å². The molecule has 0 aliphatic carbocycles. The zero-order valence-electron chi connectivity index (χ0n) is 19.0. The Morgan fingerprint density at radius 2 is 1.82 bits per heavy atom. The van der Waals surface area contributed by atoms with Crippen molar-refractivity contribution >= 4 is 26.9 Å². The molecule has 0 amide bonds. The maximum atomic E-state index is 14.2. The second-order valence-electron chi connectivity index (χ2n) is 8.37. The van der Waals surface area contributed by atoms with E-state index in [9.17, 15) is 17.6 Å². The van der Waals surface area contributed by atoms with Crippen molar-refractivity contribution in [1.82, 2.24) is 8.87 Å². The van der Waals surface area contributed by atoms with Gasteiger partial charge in [0.1, 0.15) is 12.4 Å². The fourth-order valence-electron chi connectivity index (χ4n) is 4.62. The van der Waals surface area contributed by atoms with Gasteiger partial charge in [-0.3, -0.25) is 4.79 Å². The van der Waals surface area contributed by atoms with Crippen molar-refractivity contribution in [1.29, 1.82) is 0 Å². The first-order valence-corrected chi connectivity index (χ1v) is 12.8. The summed E-state index contributed by atoms with van der Waals surface area (Å²) in [5.41, 5.74) is 2.96. The minimum Gasteiger partial charge on any atom is -0.465 e. The zero-order valence-corrected chi connectivity index (χ0v) is 19.8. The average molecular weight is 473 g/mol.